The van der Waals surface area contributed by atoms with Crippen LogP contribution in [0.15, 0.2) is 41.6 Å². The molecule has 0 fully saturated rings. The van der Waals surface area contributed by atoms with E-state index in [1.54, 1.807) is 0 Å². The molecule has 1 aliphatic rings. The average molecular weight is 278 g/mol. The average Bonchev–Trinajstić information content (AvgIpc) is 2.93. The van der Waals surface area contributed by atoms with Gasteiger partial charge in [-0.2, -0.15) is 5.10 Å². The minimum atomic E-state index is -3.53. The summed E-state index contributed by atoms with van der Waals surface area (Å²) in [5.74, 6) is 0. The molecule has 0 saturated carbocycles. The fourth-order valence-corrected chi connectivity index (χ4v) is 3.35. The van der Waals surface area contributed by atoms with Crippen LogP contribution in [0.5, 0.6) is 0 Å². The van der Waals surface area contributed by atoms with Gasteiger partial charge in [-0.1, -0.05) is 18.2 Å². The van der Waals surface area contributed by atoms with Gasteiger partial charge in [-0.05, 0) is 24.1 Å². The zero-order chi connectivity index (χ0) is 13.3. The van der Waals surface area contributed by atoms with Crippen molar-refractivity contribution < 1.29 is 8.42 Å². The largest absolute Gasteiger partial charge is 0.383 e. The lowest BCUT2D eigenvalue weighted by Crippen LogP contribution is -2.43. The van der Waals surface area contributed by atoms with Crippen LogP contribution in [0.4, 0.5) is 5.69 Å². The third kappa shape index (κ3) is 2.47. The maximum absolute atomic E-state index is 12.1. The quantitative estimate of drug-likeness (QED) is 0.772. The van der Waals surface area contributed by atoms with Gasteiger partial charge in [-0.3, -0.25) is 5.10 Å². The van der Waals surface area contributed by atoms with Crippen molar-refractivity contribution in [3.63, 3.8) is 0 Å². The van der Waals surface area contributed by atoms with E-state index in [2.05, 4.69) is 20.2 Å². The fourth-order valence-electron chi connectivity index (χ4n) is 2.20. The van der Waals surface area contributed by atoms with Gasteiger partial charge in [-0.15, -0.1) is 0 Å². The number of aromatic amines is 1. The minimum Gasteiger partial charge on any atom is -0.383 e. The van der Waals surface area contributed by atoms with Crippen molar-refractivity contribution in [2.45, 2.75) is 17.5 Å². The molecule has 100 valence electrons. The molecule has 2 aromatic rings. The molecule has 0 aliphatic carbocycles. The first-order valence-corrected chi connectivity index (χ1v) is 7.47. The summed E-state index contributed by atoms with van der Waals surface area (Å²) in [4.78, 5) is 0. The lowest BCUT2D eigenvalue weighted by atomic mass is 10.0. The highest BCUT2D eigenvalue weighted by Gasteiger charge is 2.24. The molecular formula is C12H14N4O2S. The first-order chi connectivity index (χ1) is 9.15. The summed E-state index contributed by atoms with van der Waals surface area (Å²) in [6.07, 6.45) is 2.10. The third-order valence-corrected chi connectivity index (χ3v) is 4.56. The van der Waals surface area contributed by atoms with E-state index < -0.39 is 10.0 Å². The maximum atomic E-state index is 12.1. The number of hydrogen-bond acceptors (Lipinski definition) is 4. The lowest BCUT2D eigenvalue weighted by molar-refractivity contribution is 0.545. The number of fused-ring (bicyclic) bond motifs is 1. The fraction of sp³-hybridized carbons (Fsp3) is 0.250. The lowest BCUT2D eigenvalue weighted by Gasteiger charge is -2.26. The Balaban J connectivity index is 1.76. The number of nitrogens with zero attached hydrogens (tertiary/aromatic N) is 1. The van der Waals surface area contributed by atoms with Crippen LogP contribution in [0, 0.1) is 0 Å². The van der Waals surface area contributed by atoms with Crippen molar-refractivity contribution in [1.82, 2.24) is 14.9 Å². The second-order valence-electron chi connectivity index (χ2n) is 4.48. The van der Waals surface area contributed by atoms with Crippen molar-refractivity contribution in [2.24, 2.45) is 0 Å². The molecule has 1 atom stereocenters. The van der Waals surface area contributed by atoms with Crippen LogP contribution in [-0.4, -0.2) is 31.2 Å². The van der Waals surface area contributed by atoms with Crippen LogP contribution in [0.1, 0.15) is 5.56 Å². The van der Waals surface area contributed by atoms with Gasteiger partial charge in [0.1, 0.15) is 0 Å². The van der Waals surface area contributed by atoms with E-state index in [1.165, 1.54) is 12.3 Å². The summed E-state index contributed by atoms with van der Waals surface area (Å²) >= 11 is 0. The van der Waals surface area contributed by atoms with E-state index in [0.29, 0.717) is 13.0 Å². The summed E-state index contributed by atoms with van der Waals surface area (Å²) in [5, 5.41) is 9.44. The van der Waals surface area contributed by atoms with Crippen molar-refractivity contribution in [2.75, 3.05) is 11.9 Å². The van der Waals surface area contributed by atoms with Crippen LogP contribution in [-0.2, 0) is 16.4 Å². The van der Waals surface area contributed by atoms with Gasteiger partial charge in [-0.25, -0.2) is 13.1 Å². The predicted octanol–water partition coefficient (Wildman–Crippen LogP) is 0.725. The molecule has 0 amide bonds. The number of hydrogen-bond donors (Lipinski definition) is 3. The molecule has 0 saturated heterocycles. The molecule has 3 rings (SSSR count). The highest BCUT2D eigenvalue weighted by Crippen LogP contribution is 2.21. The van der Waals surface area contributed by atoms with Crippen molar-refractivity contribution in [1.29, 1.82) is 0 Å². The minimum absolute atomic E-state index is 0.0892. The van der Waals surface area contributed by atoms with Gasteiger partial charge < -0.3 is 5.32 Å². The number of aromatic nitrogens is 2. The van der Waals surface area contributed by atoms with Crippen molar-refractivity contribution >= 4 is 15.7 Å². The Kier molecular flexibility index (Phi) is 3.00. The van der Waals surface area contributed by atoms with E-state index in [9.17, 15) is 8.42 Å². The highest BCUT2D eigenvalue weighted by atomic mass is 32.2. The van der Waals surface area contributed by atoms with Gasteiger partial charge in [0.15, 0.2) is 5.03 Å². The van der Waals surface area contributed by atoms with E-state index in [4.69, 9.17) is 0 Å². The summed E-state index contributed by atoms with van der Waals surface area (Å²) in [7, 11) is -3.53. The summed E-state index contributed by atoms with van der Waals surface area (Å²) in [6.45, 7) is 0.574. The molecule has 1 aromatic carbocycles. The number of benzene rings is 1. The number of anilines is 1. The Morgan fingerprint density at radius 1 is 1.26 bits per heavy atom. The van der Waals surface area contributed by atoms with Crippen LogP contribution >= 0.6 is 0 Å². The summed E-state index contributed by atoms with van der Waals surface area (Å²) in [5.41, 5.74) is 2.19. The Hall–Kier alpha value is -1.86. The Morgan fingerprint density at radius 3 is 2.89 bits per heavy atom. The Bertz CT molecular complexity index is 667. The third-order valence-electron chi connectivity index (χ3n) is 3.11. The SMILES string of the molecule is O=S(=O)(NC1CNc2ccccc2C1)c1ccn[nH]1. The normalized spacial score (nSPS) is 18.6. The van der Waals surface area contributed by atoms with E-state index >= 15 is 0 Å². The Labute approximate surface area is 111 Å². The van der Waals surface area contributed by atoms with Gasteiger partial charge in [0.2, 0.25) is 0 Å². The second-order valence-corrected chi connectivity index (χ2v) is 6.16. The summed E-state index contributed by atoms with van der Waals surface area (Å²) in [6, 6.07) is 9.18. The molecule has 19 heavy (non-hydrogen) atoms. The number of para-hydroxylation sites is 1. The predicted molar refractivity (Wildman–Crippen MR) is 71.3 cm³/mol. The molecule has 0 spiro atoms. The molecular weight excluding hydrogens is 264 g/mol. The molecule has 1 aliphatic heterocycles. The number of sulfonamides is 1. The van der Waals surface area contributed by atoms with Gasteiger partial charge in [0, 0.05) is 18.3 Å². The summed E-state index contributed by atoms with van der Waals surface area (Å²) < 4.78 is 26.8. The maximum Gasteiger partial charge on any atom is 0.257 e. The van der Waals surface area contributed by atoms with E-state index in [-0.39, 0.29) is 11.1 Å². The van der Waals surface area contributed by atoms with Crippen molar-refractivity contribution in [3.8, 4) is 0 Å². The van der Waals surface area contributed by atoms with Crippen LogP contribution in [0.2, 0.25) is 0 Å². The van der Waals surface area contributed by atoms with Gasteiger partial charge >= 0.3 is 0 Å². The first kappa shape index (κ1) is 12.2. The Morgan fingerprint density at radius 2 is 2.11 bits per heavy atom. The van der Waals surface area contributed by atoms with Crippen molar-refractivity contribution in [3.05, 3.63) is 42.1 Å². The smallest absolute Gasteiger partial charge is 0.257 e. The second kappa shape index (κ2) is 4.67. The standard InChI is InChI=1S/C12H14N4O2S/c17-19(18,12-5-6-14-15-12)16-10-7-9-3-1-2-4-11(9)13-8-10/h1-6,10,13,16H,7-8H2,(H,14,15). The molecule has 0 radical (unpaired) electrons. The number of nitrogens with one attached hydrogen (secondary N) is 3. The molecule has 0 bridgehead atoms. The van der Waals surface area contributed by atoms with Crippen LogP contribution in [0.3, 0.4) is 0 Å². The van der Waals surface area contributed by atoms with E-state index in [0.717, 1.165) is 11.3 Å². The first-order valence-electron chi connectivity index (χ1n) is 5.99. The molecule has 6 nitrogen and oxygen atoms in total. The molecule has 1 unspecified atom stereocenters. The van der Waals surface area contributed by atoms with Crippen LogP contribution < -0.4 is 10.0 Å². The van der Waals surface area contributed by atoms with Crippen LogP contribution in [0.25, 0.3) is 0 Å². The van der Waals surface area contributed by atoms with Gasteiger partial charge in [0.05, 0.1) is 6.20 Å². The molecule has 7 heteroatoms. The van der Waals surface area contributed by atoms with Gasteiger partial charge in [0.25, 0.3) is 10.0 Å². The zero-order valence-electron chi connectivity index (χ0n) is 10.1. The highest BCUT2D eigenvalue weighted by molar-refractivity contribution is 7.89. The number of rotatable bonds is 3. The topological polar surface area (TPSA) is 86.9 Å². The zero-order valence-corrected chi connectivity index (χ0v) is 10.9. The molecule has 1 aromatic heterocycles. The number of H-pyrrole nitrogens is 1. The molecule has 3 N–H and O–H groups in total. The monoisotopic (exact) mass is 278 g/mol. The van der Waals surface area contributed by atoms with E-state index in [1.807, 2.05) is 24.3 Å². The molecule has 2 heterocycles.